The number of hydrogen-bond donors (Lipinski definition) is 1. The van der Waals surface area contributed by atoms with Crippen molar-refractivity contribution in [1.29, 1.82) is 0 Å². The molecule has 0 aromatic heterocycles. The van der Waals surface area contributed by atoms with Crippen LogP contribution in [0.4, 0.5) is 0 Å². The Morgan fingerprint density at radius 1 is 1.50 bits per heavy atom. The Bertz CT molecular complexity index is 157. The van der Waals surface area contributed by atoms with Crippen LogP contribution in [0.2, 0.25) is 0 Å². The van der Waals surface area contributed by atoms with Crippen LogP contribution in [0.15, 0.2) is 4.99 Å². The molecule has 10 heavy (non-hydrogen) atoms. The summed E-state index contributed by atoms with van der Waals surface area (Å²) in [7, 11) is 0. The van der Waals surface area contributed by atoms with Crippen molar-refractivity contribution in [3.63, 3.8) is 0 Å². The molecule has 1 aliphatic heterocycles. The molecule has 1 rings (SSSR count). The van der Waals surface area contributed by atoms with Crippen LogP contribution in [-0.4, -0.2) is 23.2 Å². The quantitative estimate of drug-likeness (QED) is 0.529. The fourth-order valence-electron chi connectivity index (χ4n) is 1.06. The highest BCUT2D eigenvalue weighted by Crippen LogP contribution is 2.22. The highest BCUT2D eigenvalue weighted by Gasteiger charge is 2.25. The largest absolute Gasteiger partial charge is 0.305 e. The number of nitrogens with zero attached hydrogens (tertiary/aromatic N) is 2. The van der Waals surface area contributed by atoms with Crippen molar-refractivity contribution < 1.29 is 0 Å². The molecule has 0 N–H and O–H groups in total. The Labute approximate surface area is 67.9 Å². The summed E-state index contributed by atoms with van der Waals surface area (Å²) in [6.45, 7) is 8.31. The maximum atomic E-state index is 4.35. The van der Waals surface area contributed by atoms with E-state index >= 15 is 0 Å². The standard InChI is InChI=1S/C7H14N2S/c1-7(2,3)6-8-4-5-9(6)10/h10H,4-5H2,1-3H3. The zero-order chi connectivity index (χ0) is 7.78. The molecule has 0 fully saturated rings. The van der Waals surface area contributed by atoms with Crippen molar-refractivity contribution in [2.45, 2.75) is 20.8 Å². The third-order valence-electron chi connectivity index (χ3n) is 1.49. The average Bonchev–Trinajstić information content (AvgIpc) is 2.11. The van der Waals surface area contributed by atoms with E-state index in [4.69, 9.17) is 0 Å². The number of aliphatic imine (C=N–C) groups is 1. The van der Waals surface area contributed by atoms with Gasteiger partial charge >= 0.3 is 0 Å². The topological polar surface area (TPSA) is 15.6 Å². The number of hydrogen-bond acceptors (Lipinski definition) is 3. The molecule has 58 valence electrons. The van der Waals surface area contributed by atoms with E-state index in [1.54, 1.807) is 0 Å². The highest BCUT2D eigenvalue weighted by atomic mass is 32.1. The number of rotatable bonds is 0. The van der Waals surface area contributed by atoms with Gasteiger partial charge in [0.05, 0.1) is 13.1 Å². The van der Waals surface area contributed by atoms with Crippen LogP contribution >= 0.6 is 12.8 Å². The second-order valence-electron chi connectivity index (χ2n) is 3.58. The van der Waals surface area contributed by atoms with E-state index in [9.17, 15) is 0 Å². The Kier molecular flexibility index (Phi) is 1.95. The van der Waals surface area contributed by atoms with Gasteiger partial charge in [0.25, 0.3) is 0 Å². The summed E-state index contributed by atoms with van der Waals surface area (Å²) in [4.78, 5) is 4.35. The zero-order valence-corrected chi connectivity index (χ0v) is 7.65. The monoisotopic (exact) mass is 158 g/mol. The van der Waals surface area contributed by atoms with Crippen molar-refractivity contribution in [2.75, 3.05) is 13.1 Å². The van der Waals surface area contributed by atoms with Gasteiger partial charge in [0.15, 0.2) is 0 Å². The molecule has 1 heterocycles. The van der Waals surface area contributed by atoms with Gasteiger partial charge in [-0.05, 0) is 0 Å². The Balaban J connectivity index is 2.72. The predicted octanol–water partition coefficient (Wildman–Crippen LogP) is 1.59. The molecule has 0 saturated heterocycles. The third kappa shape index (κ3) is 1.45. The van der Waals surface area contributed by atoms with Crippen molar-refractivity contribution in [2.24, 2.45) is 10.4 Å². The lowest BCUT2D eigenvalue weighted by molar-refractivity contribution is 0.539. The lowest BCUT2D eigenvalue weighted by atomic mass is 9.95. The van der Waals surface area contributed by atoms with Crippen molar-refractivity contribution in [3.05, 3.63) is 0 Å². The first-order chi connectivity index (χ1) is 4.52. The van der Waals surface area contributed by atoms with Crippen LogP contribution < -0.4 is 0 Å². The van der Waals surface area contributed by atoms with E-state index in [0.29, 0.717) is 0 Å². The Hall–Kier alpha value is -0.180. The molecule has 1 aliphatic rings. The first kappa shape index (κ1) is 7.92. The van der Waals surface area contributed by atoms with Crippen LogP contribution in [0.25, 0.3) is 0 Å². The summed E-state index contributed by atoms with van der Waals surface area (Å²) in [5, 5.41) is 0. The van der Waals surface area contributed by atoms with Crippen LogP contribution in [0.1, 0.15) is 20.8 Å². The lowest BCUT2D eigenvalue weighted by Crippen LogP contribution is -2.29. The SMILES string of the molecule is CC(C)(C)C1=NCCN1S. The van der Waals surface area contributed by atoms with E-state index in [0.717, 1.165) is 18.9 Å². The summed E-state index contributed by atoms with van der Waals surface area (Å²) in [6, 6.07) is 0. The predicted molar refractivity (Wildman–Crippen MR) is 47.4 cm³/mol. The minimum Gasteiger partial charge on any atom is -0.305 e. The van der Waals surface area contributed by atoms with E-state index < -0.39 is 0 Å². The molecule has 0 amide bonds. The molecule has 0 radical (unpaired) electrons. The van der Waals surface area contributed by atoms with Crippen molar-refractivity contribution >= 4 is 18.7 Å². The van der Waals surface area contributed by atoms with Crippen LogP contribution in [0.3, 0.4) is 0 Å². The van der Waals surface area contributed by atoms with Crippen molar-refractivity contribution in [1.82, 2.24) is 4.31 Å². The number of thiol groups is 1. The molecule has 2 nitrogen and oxygen atoms in total. The summed E-state index contributed by atoms with van der Waals surface area (Å²) < 4.78 is 1.93. The summed E-state index contributed by atoms with van der Waals surface area (Å²) in [5.74, 6) is 1.11. The van der Waals surface area contributed by atoms with Gasteiger partial charge in [0.2, 0.25) is 0 Å². The molecule has 0 spiro atoms. The van der Waals surface area contributed by atoms with Gasteiger partial charge in [-0.25, -0.2) is 0 Å². The van der Waals surface area contributed by atoms with Gasteiger partial charge in [-0.2, -0.15) is 0 Å². The fraction of sp³-hybridized carbons (Fsp3) is 0.857. The molecular formula is C7H14N2S. The van der Waals surface area contributed by atoms with Gasteiger partial charge in [-0.15, -0.1) is 0 Å². The molecule has 0 bridgehead atoms. The maximum Gasteiger partial charge on any atom is 0.114 e. The van der Waals surface area contributed by atoms with Gasteiger partial charge in [0.1, 0.15) is 5.84 Å². The normalized spacial score (nSPS) is 19.6. The molecule has 0 atom stereocenters. The second-order valence-corrected chi connectivity index (χ2v) is 4.06. The third-order valence-corrected chi connectivity index (χ3v) is 1.88. The Morgan fingerprint density at radius 2 is 2.10 bits per heavy atom. The van der Waals surface area contributed by atoms with Gasteiger partial charge < -0.3 is 4.31 Å². The van der Waals surface area contributed by atoms with E-state index in [2.05, 4.69) is 38.6 Å². The van der Waals surface area contributed by atoms with Gasteiger partial charge in [-0.1, -0.05) is 33.6 Å². The lowest BCUT2D eigenvalue weighted by Gasteiger charge is -2.24. The number of amidine groups is 1. The van der Waals surface area contributed by atoms with E-state index in [-0.39, 0.29) is 5.41 Å². The second kappa shape index (κ2) is 2.46. The summed E-state index contributed by atoms with van der Waals surface area (Å²) in [6.07, 6.45) is 0. The van der Waals surface area contributed by atoms with Crippen LogP contribution in [0.5, 0.6) is 0 Å². The van der Waals surface area contributed by atoms with E-state index in [1.165, 1.54) is 0 Å². The van der Waals surface area contributed by atoms with Crippen LogP contribution in [-0.2, 0) is 0 Å². The highest BCUT2D eigenvalue weighted by molar-refractivity contribution is 7.78. The molecule has 0 aromatic rings. The first-order valence-corrected chi connectivity index (χ1v) is 3.93. The van der Waals surface area contributed by atoms with Gasteiger partial charge in [-0.3, -0.25) is 4.99 Å². The smallest absolute Gasteiger partial charge is 0.114 e. The molecule has 3 heteroatoms. The van der Waals surface area contributed by atoms with E-state index in [1.807, 2.05) is 4.31 Å². The Morgan fingerprint density at radius 3 is 2.30 bits per heavy atom. The van der Waals surface area contributed by atoms with Crippen molar-refractivity contribution in [3.8, 4) is 0 Å². The molecule has 0 saturated carbocycles. The minimum absolute atomic E-state index is 0.151. The average molecular weight is 158 g/mol. The summed E-state index contributed by atoms with van der Waals surface area (Å²) in [5.41, 5.74) is 0.151. The van der Waals surface area contributed by atoms with Gasteiger partial charge in [0, 0.05) is 5.41 Å². The molecular weight excluding hydrogens is 144 g/mol. The summed E-state index contributed by atoms with van der Waals surface area (Å²) >= 11 is 4.28. The first-order valence-electron chi connectivity index (χ1n) is 3.53. The maximum absolute atomic E-state index is 4.35. The fourth-order valence-corrected chi connectivity index (χ4v) is 1.52. The molecule has 0 aromatic carbocycles. The molecule has 0 aliphatic carbocycles. The molecule has 0 unspecified atom stereocenters. The zero-order valence-electron chi connectivity index (χ0n) is 6.76. The minimum atomic E-state index is 0.151. The van der Waals surface area contributed by atoms with Crippen LogP contribution in [0, 0.1) is 5.41 Å².